The Morgan fingerprint density at radius 2 is 1.96 bits per heavy atom. The fraction of sp³-hybridized carbons (Fsp3) is 0.588. The van der Waals surface area contributed by atoms with Crippen LogP contribution in [-0.4, -0.2) is 47.7 Å². The molecule has 0 spiro atoms. The summed E-state index contributed by atoms with van der Waals surface area (Å²) in [5.41, 5.74) is 9.91. The van der Waals surface area contributed by atoms with Gasteiger partial charge in [0.2, 0.25) is 0 Å². The van der Waals surface area contributed by atoms with E-state index in [1.807, 2.05) is 51.1 Å². The summed E-state index contributed by atoms with van der Waals surface area (Å²) in [7, 11) is 0. The fourth-order valence-corrected chi connectivity index (χ4v) is 3.21. The van der Waals surface area contributed by atoms with Crippen LogP contribution >= 0.6 is 0 Å². The van der Waals surface area contributed by atoms with Crippen LogP contribution in [0.2, 0.25) is 0 Å². The summed E-state index contributed by atoms with van der Waals surface area (Å²) in [6, 6.07) is 9.12. The molecule has 1 aromatic carbocycles. The molecule has 1 amide bonds. The number of ether oxygens (including phenoxy) is 3. The zero-order valence-corrected chi connectivity index (χ0v) is 14.3. The Morgan fingerprint density at radius 1 is 1.29 bits per heavy atom. The molecular formula is C17H25N3O4. The van der Waals surface area contributed by atoms with Crippen LogP contribution in [0.4, 0.5) is 4.79 Å². The van der Waals surface area contributed by atoms with Gasteiger partial charge in [-0.1, -0.05) is 30.3 Å². The number of nitrogens with zero attached hydrogens (tertiary/aromatic N) is 1. The zero-order chi connectivity index (χ0) is 17.3. The van der Waals surface area contributed by atoms with Crippen molar-refractivity contribution in [3.05, 3.63) is 35.9 Å². The maximum Gasteiger partial charge on any atom is 0.424 e. The van der Waals surface area contributed by atoms with Gasteiger partial charge in [0.15, 0.2) is 5.79 Å². The summed E-state index contributed by atoms with van der Waals surface area (Å²) in [6.45, 7) is 6.18. The van der Waals surface area contributed by atoms with Gasteiger partial charge in [-0.05, 0) is 26.3 Å². The summed E-state index contributed by atoms with van der Waals surface area (Å²) in [5.74, 6) is -0.692. The maximum absolute atomic E-state index is 12.5. The molecule has 0 bridgehead atoms. The Balaban J connectivity index is 1.68. The average Bonchev–Trinajstić information content (AvgIpc) is 2.90. The van der Waals surface area contributed by atoms with E-state index in [0.717, 1.165) is 5.56 Å². The van der Waals surface area contributed by atoms with Crippen molar-refractivity contribution in [2.75, 3.05) is 6.54 Å². The van der Waals surface area contributed by atoms with E-state index in [1.54, 1.807) is 0 Å². The minimum Gasteiger partial charge on any atom is -0.444 e. The molecule has 0 aromatic heterocycles. The maximum atomic E-state index is 12.5. The molecule has 2 heterocycles. The minimum atomic E-state index is -0.692. The van der Waals surface area contributed by atoms with Crippen molar-refractivity contribution in [3.63, 3.8) is 0 Å². The molecule has 2 saturated heterocycles. The van der Waals surface area contributed by atoms with Crippen molar-refractivity contribution < 1.29 is 19.0 Å². The molecule has 0 unspecified atom stereocenters. The highest BCUT2D eigenvalue weighted by Crippen LogP contribution is 2.35. The Labute approximate surface area is 142 Å². The molecule has 2 aliphatic rings. The molecule has 24 heavy (non-hydrogen) atoms. The first-order chi connectivity index (χ1) is 11.4. The van der Waals surface area contributed by atoms with Gasteiger partial charge >= 0.3 is 6.09 Å². The quantitative estimate of drug-likeness (QED) is 0.868. The molecule has 1 aromatic rings. The zero-order valence-electron chi connectivity index (χ0n) is 14.3. The number of nitrogens with two attached hydrogens (primary N) is 1. The SMILES string of the molecule is C[C@H]1[C@H]2OC(C)(C)O[C@H]2[C@H](CN)NN1C(=O)OCc1ccccc1. The smallest absolute Gasteiger partial charge is 0.424 e. The second-order valence-electron chi connectivity index (χ2n) is 6.69. The third-order valence-corrected chi connectivity index (χ3v) is 4.40. The Hall–Kier alpha value is -1.67. The number of carbonyl (C=O) groups is 1. The van der Waals surface area contributed by atoms with E-state index in [9.17, 15) is 4.79 Å². The van der Waals surface area contributed by atoms with Gasteiger partial charge in [-0.2, -0.15) is 0 Å². The lowest BCUT2D eigenvalue weighted by atomic mass is 9.97. The first kappa shape index (κ1) is 17.2. The predicted octanol–water partition coefficient (Wildman–Crippen LogP) is 1.38. The number of fused-ring (bicyclic) bond motifs is 1. The number of nitrogens with one attached hydrogen (secondary N) is 1. The van der Waals surface area contributed by atoms with Crippen molar-refractivity contribution in [1.29, 1.82) is 0 Å². The standard InChI is InChI=1S/C17H25N3O4/c1-11-14-15(24-17(2,3)23-14)13(9-18)19-20(11)16(21)22-10-12-7-5-4-6-8-12/h4-8,11,13-15,19H,9-10,18H2,1-3H3/t11-,13-,14+,15-/m0/s1. The Bertz CT molecular complexity index is 580. The van der Waals surface area contributed by atoms with Crippen LogP contribution in [0.1, 0.15) is 26.3 Å². The molecule has 7 nitrogen and oxygen atoms in total. The van der Waals surface area contributed by atoms with E-state index in [2.05, 4.69) is 5.43 Å². The number of carbonyl (C=O) groups excluding carboxylic acids is 1. The van der Waals surface area contributed by atoms with Crippen LogP contribution in [0, 0.1) is 0 Å². The highest BCUT2D eigenvalue weighted by atomic mass is 16.8. The van der Waals surface area contributed by atoms with E-state index in [1.165, 1.54) is 5.01 Å². The van der Waals surface area contributed by atoms with Crippen LogP contribution in [0.25, 0.3) is 0 Å². The van der Waals surface area contributed by atoms with Gasteiger partial charge in [-0.15, -0.1) is 0 Å². The number of benzene rings is 1. The molecule has 2 aliphatic heterocycles. The predicted molar refractivity (Wildman–Crippen MR) is 87.7 cm³/mol. The highest BCUT2D eigenvalue weighted by molar-refractivity contribution is 5.67. The van der Waals surface area contributed by atoms with Crippen LogP contribution in [0.3, 0.4) is 0 Å². The summed E-state index contributed by atoms with van der Waals surface area (Å²) in [5, 5.41) is 1.46. The second-order valence-corrected chi connectivity index (χ2v) is 6.69. The van der Waals surface area contributed by atoms with Gasteiger partial charge in [0.05, 0.1) is 12.1 Å². The number of hydrogen-bond donors (Lipinski definition) is 2. The average molecular weight is 335 g/mol. The minimum absolute atomic E-state index is 0.196. The number of hydrazine groups is 1. The highest BCUT2D eigenvalue weighted by Gasteiger charge is 2.53. The normalized spacial score (nSPS) is 31.6. The van der Waals surface area contributed by atoms with Gasteiger partial charge in [0.25, 0.3) is 0 Å². The van der Waals surface area contributed by atoms with Crippen LogP contribution < -0.4 is 11.2 Å². The van der Waals surface area contributed by atoms with Crippen LogP contribution in [0.5, 0.6) is 0 Å². The molecule has 3 N–H and O–H groups in total. The van der Waals surface area contributed by atoms with Gasteiger partial charge in [0.1, 0.15) is 18.8 Å². The first-order valence-corrected chi connectivity index (χ1v) is 8.23. The van der Waals surface area contributed by atoms with E-state index in [4.69, 9.17) is 19.9 Å². The molecular weight excluding hydrogens is 310 g/mol. The van der Waals surface area contributed by atoms with Gasteiger partial charge in [0, 0.05) is 6.54 Å². The largest absolute Gasteiger partial charge is 0.444 e. The van der Waals surface area contributed by atoms with Crippen molar-refractivity contribution in [1.82, 2.24) is 10.4 Å². The molecule has 2 fully saturated rings. The van der Waals surface area contributed by atoms with E-state index in [-0.39, 0.29) is 30.9 Å². The summed E-state index contributed by atoms with van der Waals surface area (Å²) >= 11 is 0. The summed E-state index contributed by atoms with van der Waals surface area (Å²) in [6.07, 6.45) is -0.895. The lowest BCUT2D eigenvalue weighted by molar-refractivity contribution is -0.148. The third kappa shape index (κ3) is 3.39. The fourth-order valence-electron chi connectivity index (χ4n) is 3.21. The van der Waals surface area contributed by atoms with Crippen molar-refractivity contribution in [2.24, 2.45) is 5.73 Å². The summed E-state index contributed by atoms with van der Waals surface area (Å²) in [4.78, 5) is 12.5. The van der Waals surface area contributed by atoms with Gasteiger partial charge in [-0.25, -0.2) is 15.2 Å². The third-order valence-electron chi connectivity index (χ3n) is 4.40. The van der Waals surface area contributed by atoms with Crippen molar-refractivity contribution in [2.45, 2.75) is 57.5 Å². The number of rotatable bonds is 3. The molecule has 132 valence electrons. The van der Waals surface area contributed by atoms with Gasteiger partial charge in [-0.3, -0.25) is 0 Å². The van der Waals surface area contributed by atoms with Crippen LogP contribution in [0.15, 0.2) is 30.3 Å². The van der Waals surface area contributed by atoms with Crippen molar-refractivity contribution >= 4 is 6.09 Å². The molecule has 4 atom stereocenters. The summed E-state index contributed by atoms with van der Waals surface area (Å²) < 4.78 is 17.3. The number of amides is 1. The first-order valence-electron chi connectivity index (χ1n) is 8.23. The molecule has 3 rings (SSSR count). The molecule has 0 radical (unpaired) electrons. The van der Waals surface area contributed by atoms with E-state index >= 15 is 0 Å². The molecule has 0 aliphatic carbocycles. The molecule has 7 heteroatoms. The monoisotopic (exact) mass is 335 g/mol. The Morgan fingerprint density at radius 3 is 2.62 bits per heavy atom. The van der Waals surface area contributed by atoms with Crippen LogP contribution in [-0.2, 0) is 20.8 Å². The number of hydrogen-bond acceptors (Lipinski definition) is 6. The lowest BCUT2D eigenvalue weighted by Crippen LogP contribution is -2.68. The van der Waals surface area contributed by atoms with E-state index in [0.29, 0.717) is 6.54 Å². The van der Waals surface area contributed by atoms with E-state index < -0.39 is 11.9 Å². The van der Waals surface area contributed by atoms with Gasteiger partial charge < -0.3 is 19.9 Å². The second kappa shape index (κ2) is 6.68. The Kier molecular flexibility index (Phi) is 4.78. The lowest BCUT2D eigenvalue weighted by Gasteiger charge is -2.43. The van der Waals surface area contributed by atoms with Crippen molar-refractivity contribution in [3.8, 4) is 0 Å². The molecule has 0 saturated carbocycles. The topological polar surface area (TPSA) is 86.1 Å².